The second-order valence-electron chi connectivity index (χ2n) is 6.22. The third-order valence-corrected chi connectivity index (χ3v) is 4.89. The zero-order chi connectivity index (χ0) is 21.2. The Morgan fingerprint density at radius 2 is 1.93 bits per heavy atom. The van der Waals surface area contributed by atoms with Gasteiger partial charge in [0, 0.05) is 31.6 Å². The maximum atomic E-state index is 9.42. The number of nitrogens with zero attached hydrogens (tertiary/aromatic N) is 7. The monoisotopic (exact) mass is 410 g/mol. The number of aromatic nitrogens is 2. The molecule has 2 aromatic rings. The van der Waals surface area contributed by atoms with Crippen molar-refractivity contribution < 1.29 is 0 Å². The van der Waals surface area contributed by atoms with Crippen LogP contribution in [0.15, 0.2) is 28.4 Å². The van der Waals surface area contributed by atoms with Crippen molar-refractivity contribution in [1.82, 2.24) is 9.55 Å². The second kappa shape index (κ2) is 11.1. The van der Waals surface area contributed by atoms with Crippen molar-refractivity contribution in [3.63, 3.8) is 0 Å². The van der Waals surface area contributed by atoms with Crippen molar-refractivity contribution in [2.45, 2.75) is 40.2 Å². The second-order valence-corrected chi connectivity index (χ2v) is 6.83. The molecule has 0 fully saturated rings. The van der Waals surface area contributed by atoms with Gasteiger partial charge < -0.3 is 9.62 Å². The van der Waals surface area contributed by atoms with Gasteiger partial charge in [0.05, 0.1) is 5.69 Å². The summed E-state index contributed by atoms with van der Waals surface area (Å²) in [6.07, 6.45) is 3.76. The summed E-state index contributed by atoms with van der Waals surface area (Å²) in [4.78, 5) is 6.45. The molecule has 0 radical (unpaired) electrons. The van der Waals surface area contributed by atoms with Crippen molar-refractivity contribution in [2.24, 2.45) is 10.2 Å². The van der Waals surface area contributed by atoms with Gasteiger partial charge in [0.15, 0.2) is 11.4 Å². The lowest BCUT2D eigenvalue weighted by molar-refractivity contribution is 0.627. The first-order chi connectivity index (χ1) is 14.1. The Morgan fingerprint density at radius 1 is 1.17 bits per heavy atom. The number of azo groups is 1. The number of hydrogen-bond acceptors (Lipinski definition) is 8. The lowest BCUT2D eigenvalue weighted by Gasteiger charge is -2.22. The van der Waals surface area contributed by atoms with Gasteiger partial charge in [-0.3, -0.25) is 4.57 Å². The van der Waals surface area contributed by atoms with Crippen molar-refractivity contribution >= 4 is 35.0 Å². The lowest BCUT2D eigenvalue weighted by Crippen LogP contribution is -2.21. The first-order valence-corrected chi connectivity index (χ1v) is 10.9. The fourth-order valence-electron chi connectivity index (χ4n) is 2.92. The number of nitrogens with one attached hydrogen (secondary N) is 1. The summed E-state index contributed by atoms with van der Waals surface area (Å²) in [7, 11) is 0. The maximum Gasteiger partial charge on any atom is 0.251 e. The topological polar surface area (TPSA) is 105 Å². The van der Waals surface area contributed by atoms with Gasteiger partial charge in [-0.05, 0) is 38.5 Å². The predicted octanol–water partition coefficient (Wildman–Crippen LogP) is 5.38. The number of unbranched alkanes of at least 4 members (excludes halogenated alkanes) is 1. The smallest absolute Gasteiger partial charge is 0.251 e. The highest BCUT2D eigenvalue weighted by atomic mass is 32.2. The first kappa shape index (κ1) is 22.3. The van der Waals surface area contributed by atoms with Gasteiger partial charge in [0.2, 0.25) is 0 Å². The number of hydrogen-bond donors (Lipinski definition) is 1. The van der Waals surface area contributed by atoms with Gasteiger partial charge in [-0.2, -0.15) is 15.5 Å². The van der Waals surface area contributed by atoms with E-state index in [1.54, 1.807) is 4.57 Å². The van der Waals surface area contributed by atoms with E-state index in [1.165, 1.54) is 11.9 Å². The van der Waals surface area contributed by atoms with Gasteiger partial charge in [0.25, 0.3) is 5.95 Å². The van der Waals surface area contributed by atoms with E-state index in [0.717, 1.165) is 37.3 Å². The molecular weight excluding hydrogens is 384 g/mol. The van der Waals surface area contributed by atoms with Crippen LogP contribution in [0.3, 0.4) is 0 Å². The van der Waals surface area contributed by atoms with E-state index in [0.29, 0.717) is 12.2 Å². The molecule has 0 saturated carbocycles. The minimum absolute atomic E-state index is 0.0805. The Balaban J connectivity index is 2.44. The van der Waals surface area contributed by atoms with Crippen LogP contribution < -0.4 is 9.62 Å². The summed E-state index contributed by atoms with van der Waals surface area (Å²) in [6, 6.07) is 10.00. The van der Waals surface area contributed by atoms with E-state index in [9.17, 15) is 10.5 Å². The Kier molecular flexibility index (Phi) is 8.50. The SMILES string of the molecule is CCCCn1c(N=Nc2ccc(N(CC)CC)cc2NSC)nc(C#N)c1C#N. The van der Waals surface area contributed by atoms with E-state index >= 15 is 0 Å². The summed E-state index contributed by atoms with van der Waals surface area (Å²) in [6.45, 7) is 8.70. The van der Waals surface area contributed by atoms with Crippen LogP contribution in [0.2, 0.25) is 0 Å². The zero-order valence-electron chi connectivity index (χ0n) is 17.3. The van der Waals surface area contributed by atoms with Crippen molar-refractivity contribution in [3.8, 4) is 12.1 Å². The highest BCUT2D eigenvalue weighted by Gasteiger charge is 2.16. The molecule has 0 atom stereocenters. The molecule has 0 saturated heterocycles. The molecule has 8 nitrogen and oxygen atoms in total. The Hall–Kier alpha value is -3.04. The quantitative estimate of drug-likeness (QED) is 0.416. The molecule has 0 bridgehead atoms. The molecule has 0 aliphatic carbocycles. The number of benzene rings is 1. The largest absolute Gasteiger partial charge is 0.372 e. The molecule has 0 unspecified atom stereocenters. The number of anilines is 2. The van der Waals surface area contributed by atoms with Gasteiger partial charge in [-0.25, -0.2) is 0 Å². The van der Waals surface area contributed by atoms with E-state index in [4.69, 9.17) is 0 Å². The van der Waals surface area contributed by atoms with Crippen molar-refractivity contribution in [1.29, 1.82) is 10.5 Å². The molecule has 152 valence electrons. The molecule has 0 aliphatic rings. The number of nitriles is 2. The van der Waals surface area contributed by atoms with E-state index < -0.39 is 0 Å². The first-order valence-electron chi connectivity index (χ1n) is 9.63. The summed E-state index contributed by atoms with van der Waals surface area (Å²) < 4.78 is 4.91. The fraction of sp³-hybridized carbons (Fsp3) is 0.450. The van der Waals surface area contributed by atoms with Crippen LogP contribution >= 0.6 is 11.9 Å². The molecule has 2 rings (SSSR count). The van der Waals surface area contributed by atoms with Gasteiger partial charge >= 0.3 is 0 Å². The van der Waals surface area contributed by atoms with Gasteiger partial charge in [-0.1, -0.05) is 25.3 Å². The van der Waals surface area contributed by atoms with Crippen LogP contribution in [0.25, 0.3) is 0 Å². The highest BCUT2D eigenvalue weighted by Crippen LogP contribution is 2.33. The molecule has 1 heterocycles. The van der Waals surface area contributed by atoms with Crippen LogP contribution in [-0.2, 0) is 6.54 Å². The molecule has 0 aliphatic heterocycles. The van der Waals surface area contributed by atoms with Crippen molar-refractivity contribution in [2.75, 3.05) is 29.0 Å². The summed E-state index contributed by atoms with van der Waals surface area (Å²) in [5, 5.41) is 27.3. The Labute approximate surface area is 176 Å². The minimum Gasteiger partial charge on any atom is -0.372 e. The molecule has 29 heavy (non-hydrogen) atoms. The summed E-state index contributed by atoms with van der Waals surface area (Å²) in [5.41, 5.74) is 2.93. The average Bonchev–Trinajstić information content (AvgIpc) is 3.09. The average molecular weight is 411 g/mol. The fourth-order valence-corrected chi connectivity index (χ4v) is 3.31. The third-order valence-electron chi connectivity index (χ3n) is 4.46. The number of rotatable bonds is 10. The lowest BCUT2D eigenvalue weighted by atomic mass is 10.2. The normalized spacial score (nSPS) is 10.7. The molecule has 1 N–H and O–H groups in total. The van der Waals surface area contributed by atoms with Crippen LogP contribution in [0.4, 0.5) is 23.0 Å². The van der Waals surface area contributed by atoms with Crippen LogP contribution in [0, 0.1) is 22.7 Å². The Bertz CT molecular complexity index is 931. The van der Waals surface area contributed by atoms with Crippen molar-refractivity contribution in [3.05, 3.63) is 29.6 Å². The molecule has 1 aromatic carbocycles. The van der Waals surface area contributed by atoms with Gasteiger partial charge in [-0.15, -0.1) is 10.2 Å². The highest BCUT2D eigenvalue weighted by molar-refractivity contribution is 7.99. The molecule has 1 aromatic heterocycles. The Morgan fingerprint density at radius 3 is 2.52 bits per heavy atom. The predicted molar refractivity (Wildman–Crippen MR) is 118 cm³/mol. The molecular formula is C20H26N8S. The molecule has 0 spiro atoms. The molecule has 9 heteroatoms. The standard InChI is InChI=1S/C20H26N8S/c1-5-8-11-28-19(14-22)18(13-21)23-20(28)25-24-16-10-9-15(27(6-2)7-3)12-17(16)26-29-4/h9-10,12,26H,5-8,11H2,1-4H3. The van der Waals surface area contributed by atoms with E-state index in [2.05, 4.69) is 51.7 Å². The third kappa shape index (κ3) is 5.27. The van der Waals surface area contributed by atoms with Crippen LogP contribution in [0.1, 0.15) is 45.0 Å². The van der Waals surface area contributed by atoms with Gasteiger partial charge in [0.1, 0.15) is 17.8 Å². The maximum absolute atomic E-state index is 9.42. The zero-order valence-corrected chi connectivity index (χ0v) is 18.1. The van der Waals surface area contributed by atoms with Crippen LogP contribution in [-0.4, -0.2) is 28.9 Å². The van der Waals surface area contributed by atoms with E-state index in [-0.39, 0.29) is 17.3 Å². The van der Waals surface area contributed by atoms with E-state index in [1.807, 2.05) is 30.5 Å². The van der Waals surface area contributed by atoms with Crippen LogP contribution in [0.5, 0.6) is 0 Å². The summed E-state index contributed by atoms with van der Waals surface area (Å²) >= 11 is 1.48. The number of imidazole rings is 1. The molecule has 0 amide bonds. The summed E-state index contributed by atoms with van der Waals surface area (Å²) in [5.74, 6) is 0.273. The minimum atomic E-state index is 0.0805.